The van der Waals surface area contributed by atoms with Crippen LogP contribution in [0.2, 0.25) is 0 Å². The zero-order chi connectivity index (χ0) is 14.7. The first-order valence-electron chi connectivity index (χ1n) is 6.55. The Morgan fingerprint density at radius 3 is 2.95 bits per heavy atom. The molecule has 0 aliphatic carbocycles. The van der Waals surface area contributed by atoms with Crippen LogP contribution >= 0.6 is 0 Å². The number of furan rings is 1. The Morgan fingerprint density at radius 2 is 2.29 bits per heavy atom. The van der Waals surface area contributed by atoms with Crippen LogP contribution in [0.15, 0.2) is 41.1 Å². The molecule has 2 aromatic rings. The summed E-state index contributed by atoms with van der Waals surface area (Å²) in [6.45, 7) is 1.62. The summed E-state index contributed by atoms with van der Waals surface area (Å²) in [5, 5.41) is 5.45. The molecular weight excluding hydrogens is 272 g/mol. The van der Waals surface area contributed by atoms with Crippen LogP contribution in [0.4, 0.5) is 11.5 Å². The van der Waals surface area contributed by atoms with Crippen molar-refractivity contribution in [3.8, 4) is 0 Å². The zero-order valence-electron chi connectivity index (χ0n) is 11.2. The van der Waals surface area contributed by atoms with Gasteiger partial charge in [0.05, 0.1) is 24.7 Å². The number of hydrogen-bond donors (Lipinski definition) is 2. The maximum absolute atomic E-state index is 11.8. The predicted octanol–water partition coefficient (Wildman–Crippen LogP) is 0.863. The van der Waals surface area contributed by atoms with Crippen molar-refractivity contribution in [1.29, 1.82) is 0 Å². The molecule has 1 aliphatic rings. The monoisotopic (exact) mass is 286 g/mol. The lowest BCUT2D eigenvalue weighted by molar-refractivity contribution is -0.120. The smallest absolute Gasteiger partial charge is 0.291 e. The van der Waals surface area contributed by atoms with Gasteiger partial charge in [0.25, 0.3) is 5.91 Å². The summed E-state index contributed by atoms with van der Waals surface area (Å²) in [6, 6.07) is 6.76. The van der Waals surface area contributed by atoms with Crippen LogP contribution in [-0.2, 0) is 4.79 Å². The molecule has 108 valence electrons. The van der Waals surface area contributed by atoms with Gasteiger partial charge < -0.3 is 20.0 Å². The van der Waals surface area contributed by atoms with E-state index < -0.39 is 0 Å². The molecule has 7 nitrogen and oxygen atoms in total. The SMILES string of the molecule is O=C1CN(c2ccc(NC(=O)c3ccco3)cn2)CCN1. The third-order valence-electron chi connectivity index (χ3n) is 3.11. The van der Waals surface area contributed by atoms with Gasteiger partial charge in [0.2, 0.25) is 5.91 Å². The molecule has 3 heterocycles. The highest BCUT2D eigenvalue weighted by molar-refractivity contribution is 6.02. The van der Waals surface area contributed by atoms with Gasteiger partial charge in [-0.1, -0.05) is 0 Å². The molecule has 2 amide bonds. The van der Waals surface area contributed by atoms with Crippen LogP contribution in [0.1, 0.15) is 10.6 Å². The summed E-state index contributed by atoms with van der Waals surface area (Å²) in [7, 11) is 0. The van der Waals surface area contributed by atoms with E-state index in [0.717, 1.165) is 6.54 Å². The first kappa shape index (κ1) is 13.2. The molecule has 0 radical (unpaired) electrons. The fraction of sp³-hybridized carbons (Fsp3) is 0.214. The van der Waals surface area contributed by atoms with Crippen molar-refractivity contribution in [3.63, 3.8) is 0 Å². The van der Waals surface area contributed by atoms with Crippen molar-refractivity contribution in [3.05, 3.63) is 42.5 Å². The van der Waals surface area contributed by atoms with E-state index in [2.05, 4.69) is 15.6 Å². The van der Waals surface area contributed by atoms with Crippen LogP contribution in [0.25, 0.3) is 0 Å². The number of hydrogen-bond acceptors (Lipinski definition) is 5. The average Bonchev–Trinajstić information content (AvgIpc) is 3.02. The lowest BCUT2D eigenvalue weighted by Gasteiger charge is -2.27. The summed E-state index contributed by atoms with van der Waals surface area (Å²) in [5.74, 6) is 0.609. The molecule has 0 aromatic carbocycles. The minimum absolute atomic E-state index is 0.0155. The molecule has 7 heteroatoms. The molecule has 0 bridgehead atoms. The average molecular weight is 286 g/mol. The number of carbonyl (C=O) groups excluding carboxylic acids is 2. The van der Waals surface area contributed by atoms with Crippen LogP contribution in [0.3, 0.4) is 0 Å². The second kappa shape index (κ2) is 5.66. The summed E-state index contributed by atoms with van der Waals surface area (Å²) in [4.78, 5) is 29.3. The molecule has 21 heavy (non-hydrogen) atoms. The number of anilines is 2. The maximum Gasteiger partial charge on any atom is 0.291 e. The van der Waals surface area contributed by atoms with E-state index in [-0.39, 0.29) is 17.6 Å². The molecule has 1 aliphatic heterocycles. The molecular formula is C14H14N4O3. The molecule has 1 fully saturated rings. The second-order valence-electron chi connectivity index (χ2n) is 4.61. The minimum atomic E-state index is -0.327. The van der Waals surface area contributed by atoms with Crippen LogP contribution in [-0.4, -0.2) is 36.4 Å². The molecule has 0 saturated carbocycles. The van der Waals surface area contributed by atoms with Gasteiger partial charge in [0, 0.05) is 13.1 Å². The van der Waals surface area contributed by atoms with Crippen LogP contribution < -0.4 is 15.5 Å². The Labute approximate surface area is 121 Å². The van der Waals surface area contributed by atoms with Gasteiger partial charge in [-0.25, -0.2) is 4.98 Å². The minimum Gasteiger partial charge on any atom is -0.459 e. The van der Waals surface area contributed by atoms with Gasteiger partial charge in [0.1, 0.15) is 5.82 Å². The standard InChI is InChI=1S/C14H14N4O3/c19-13-9-18(6-5-15-13)12-4-3-10(8-16-12)17-14(20)11-2-1-7-21-11/h1-4,7-8H,5-6,9H2,(H,15,19)(H,17,20). The fourth-order valence-corrected chi connectivity index (χ4v) is 2.08. The van der Waals surface area contributed by atoms with Gasteiger partial charge >= 0.3 is 0 Å². The molecule has 2 N–H and O–H groups in total. The Balaban J connectivity index is 1.66. The zero-order valence-corrected chi connectivity index (χ0v) is 11.2. The van der Waals surface area contributed by atoms with Gasteiger partial charge in [-0.15, -0.1) is 0 Å². The first-order chi connectivity index (χ1) is 10.2. The predicted molar refractivity (Wildman–Crippen MR) is 76.1 cm³/mol. The van der Waals surface area contributed by atoms with Gasteiger partial charge in [-0.2, -0.15) is 0 Å². The molecule has 2 aromatic heterocycles. The number of aromatic nitrogens is 1. The van der Waals surface area contributed by atoms with Crippen molar-refractivity contribution in [2.75, 3.05) is 29.9 Å². The highest BCUT2D eigenvalue weighted by atomic mass is 16.3. The van der Waals surface area contributed by atoms with Gasteiger partial charge in [0.15, 0.2) is 5.76 Å². The summed E-state index contributed by atoms with van der Waals surface area (Å²) < 4.78 is 5.01. The summed E-state index contributed by atoms with van der Waals surface area (Å²) in [6.07, 6.45) is 3.00. The van der Waals surface area contributed by atoms with E-state index in [1.54, 1.807) is 30.5 Å². The highest BCUT2D eigenvalue weighted by Gasteiger charge is 2.17. The van der Waals surface area contributed by atoms with Crippen molar-refractivity contribution in [1.82, 2.24) is 10.3 Å². The van der Waals surface area contributed by atoms with E-state index in [0.29, 0.717) is 24.6 Å². The molecule has 0 atom stereocenters. The normalized spacial score (nSPS) is 14.7. The van der Waals surface area contributed by atoms with Crippen LogP contribution in [0.5, 0.6) is 0 Å². The van der Waals surface area contributed by atoms with E-state index in [9.17, 15) is 9.59 Å². The highest BCUT2D eigenvalue weighted by Crippen LogP contribution is 2.15. The van der Waals surface area contributed by atoms with Crippen molar-refractivity contribution >= 4 is 23.3 Å². The summed E-state index contributed by atoms with van der Waals surface area (Å²) >= 11 is 0. The number of piperazine rings is 1. The number of nitrogens with one attached hydrogen (secondary N) is 2. The van der Waals surface area contributed by atoms with E-state index in [1.165, 1.54) is 6.26 Å². The second-order valence-corrected chi connectivity index (χ2v) is 4.61. The van der Waals surface area contributed by atoms with Gasteiger partial charge in [-0.05, 0) is 24.3 Å². The molecule has 0 unspecified atom stereocenters. The lowest BCUT2D eigenvalue weighted by Crippen LogP contribution is -2.48. The Kier molecular flexibility index (Phi) is 3.55. The Bertz CT molecular complexity index is 637. The van der Waals surface area contributed by atoms with Crippen molar-refractivity contribution < 1.29 is 14.0 Å². The van der Waals surface area contributed by atoms with Crippen molar-refractivity contribution in [2.24, 2.45) is 0 Å². The van der Waals surface area contributed by atoms with E-state index in [1.807, 2.05) is 4.90 Å². The lowest BCUT2D eigenvalue weighted by atomic mass is 10.3. The topological polar surface area (TPSA) is 87.5 Å². The van der Waals surface area contributed by atoms with Crippen LogP contribution in [0, 0.1) is 0 Å². The third kappa shape index (κ3) is 3.02. The van der Waals surface area contributed by atoms with E-state index >= 15 is 0 Å². The Hall–Kier alpha value is -2.83. The number of carbonyl (C=O) groups is 2. The van der Waals surface area contributed by atoms with E-state index in [4.69, 9.17) is 4.42 Å². The Morgan fingerprint density at radius 1 is 1.38 bits per heavy atom. The number of rotatable bonds is 3. The fourth-order valence-electron chi connectivity index (χ4n) is 2.08. The summed E-state index contributed by atoms with van der Waals surface area (Å²) in [5.41, 5.74) is 0.571. The largest absolute Gasteiger partial charge is 0.459 e. The number of amides is 2. The van der Waals surface area contributed by atoms with Gasteiger partial charge in [-0.3, -0.25) is 9.59 Å². The number of pyridine rings is 1. The maximum atomic E-state index is 11.8. The van der Waals surface area contributed by atoms with Crippen molar-refractivity contribution in [2.45, 2.75) is 0 Å². The molecule has 0 spiro atoms. The molecule has 3 rings (SSSR count). The number of nitrogens with zero attached hydrogens (tertiary/aromatic N) is 2. The molecule has 1 saturated heterocycles. The quantitative estimate of drug-likeness (QED) is 0.874. The third-order valence-corrected chi connectivity index (χ3v) is 3.11. The first-order valence-corrected chi connectivity index (χ1v) is 6.55.